The largest absolute Gasteiger partial charge is 0.309 e. The zero-order valence-corrected chi connectivity index (χ0v) is 13.5. The van der Waals surface area contributed by atoms with E-state index in [2.05, 4.69) is 0 Å². The first-order chi connectivity index (χ1) is 10.5. The number of halogens is 1. The van der Waals surface area contributed by atoms with Gasteiger partial charge in [0.05, 0.1) is 0 Å². The summed E-state index contributed by atoms with van der Waals surface area (Å²) in [6.07, 6.45) is 0.511. The van der Waals surface area contributed by atoms with Crippen molar-refractivity contribution in [3.63, 3.8) is 0 Å². The smallest absolute Gasteiger partial charge is 0.241 e. The average Bonchev–Trinajstić information content (AvgIpc) is 2.80. The lowest BCUT2D eigenvalue weighted by Crippen LogP contribution is -2.41. The van der Waals surface area contributed by atoms with Gasteiger partial charge in [-0.15, -0.1) is 11.6 Å². The molecule has 0 radical (unpaired) electrons. The normalized spacial score (nSPS) is 14.6. The Hall–Kier alpha value is -1.88. The fourth-order valence-electron chi connectivity index (χ4n) is 2.74. The highest BCUT2D eigenvalue weighted by Gasteiger charge is 2.30. The van der Waals surface area contributed by atoms with E-state index in [0.29, 0.717) is 0 Å². The third-order valence-electron chi connectivity index (χ3n) is 3.83. The summed E-state index contributed by atoms with van der Waals surface area (Å²) < 4.78 is 0. The van der Waals surface area contributed by atoms with E-state index in [1.165, 1.54) is 4.90 Å². The summed E-state index contributed by atoms with van der Waals surface area (Å²) in [7, 11) is 0. The molecule has 0 saturated carbocycles. The summed E-state index contributed by atoms with van der Waals surface area (Å²) in [5.74, 6) is -0.733. The zero-order chi connectivity index (χ0) is 16.3. The minimum atomic E-state index is -0.238. The van der Waals surface area contributed by atoms with E-state index in [0.717, 1.165) is 16.8 Å². The second-order valence-corrected chi connectivity index (χ2v) is 5.63. The molecule has 0 N–H and O–H groups in total. The highest BCUT2D eigenvalue weighted by molar-refractivity contribution is 6.29. The summed E-state index contributed by atoms with van der Waals surface area (Å²) in [5, 5.41) is 0. The van der Waals surface area contributed by atoms with Crippen LogP contribution in [0.15, 0.2) is 18.2 Å². The van der Waals surface area contributed by atoms with Crippen LogP contribution in [0.25, 0.3) is 0 Å². The van der Waals surface area contributed by atoms with Crippen LogP contribution in [0.2, 0.25) is 0 Å². The maximum Gasteiger partial charge on any atom is 0.241 e. The Balaban J connectivity index is 2.22. The predicted molar refractivity (Wildman–Crippen MR) is 84.9 cm³/mol. The number of para-hydroxylation sites is 1. The van der Waals surface area contributed by atoms with Gasteiger partial charge in [-0.1, -0.05) is 18.2 Å². The van der Waals surface area contributed by atoms with Crippen LogP contribution < -0.4 is 4.90 Å². The van der Waals surface area contributed by atoms with E-state index in [1.807, 2.05) is 32.0 Å². The number of alkyl halides is 1. The Kier molecular flexibility index (Phi) is 5.19. The molecule has 0 spiro atoms. The fourth-order valence-corrected chi connectivity index (χ4v) is 2.88. The molecule has 0 atom stereocenters. The van der Waals surface area contributed by atoms with Gasteiger partial charge in [-0.3, -0.25) is 19.3 Å². The first kappa shape index (κ1) is 16.5. The Morgan fingerprint density at radius 1 is 1.18 bits per heavy atom. The lowest BCUT2D eigenvalue weighted by molar-refractivity contribution is -0.138. The van der Waals surface area contributed by atoms with E-state index < -0.39 is 0 Å². The van der Waals surface area contributed by atoms with E-state index in [9.17, 15) is 14.4 Å². The van der Waals surface area contributed by atoms with Crippen LogP contribution in [0.3, 0.4) is 0 Å². The van der Waals surface area contributed by atoms with Crippen molar-refractivity contribution in [2.75, 3.05) is 23.9 Å². The summed E-state index contributed by atoms with van der Waals surface area (Å²) in [5.41, 5.74) is 2.71. The topological polar surface area (TPSA) is 57.7 Å². The maximum atomic E-state index is 12.2. The standard InChI is InChI=1S/C16H19ClN2O3/c1-11-4-3-5-12(2)16(11)19(15(22)10-17)9-8-18-13(20)6-7-14(18)21/h3-5H,6-10H2,1-2H3. The molecule has 0 aromatic heterocycles. The van der Waals surface area contributed by atoms with Gasteiger partial charge < -0.3 is 4.90 Å². The Labute approximate surface area is 134 Å². The van der Waals surface area contributed by atoms with Gasteiger partial charge in [0.2, 0.25) is 17.7 Å². The van der Waals surface area contributed by atoms with Crippen LogP contribution in [-0.2, 0) is 14.4 Å². The summed E-state index contributed by atoms with van der Waals surface area (Å²) in [6, 6.07) is 5.76. The monoisotopic (exact) mass is 322 g/mol. The number of aryl methyl sites for hydroxylation is 2. The minimum Gasteiger partial charge on any atom is -0.309 e. The number of carbonyl (C=O) groups excluding carboxylic acids is 3. The number of carbonyl (C=O) groups is 3. The van der Waals surface area contributed by atoms with Crippen molar-refractivity contribution >= 4 is 35.0 Å². The van der Waals surface area contributed by atoms with Crippen molar-refractivity contribution in [2.45, 2.75) is 26.7 Å². The number of anilines is 1. The highest BCUT2D eigenvalue weighted by Crippen LogP contribution is 2.25. The lowest BCUT2D eigenvalue weighted by atomic mass is 10.1. The molecule has 1 aliphatic heterocycles. The number of imide groups is 1. The summed E-state index contributed by atoms with van der Waals surface area (Å²) in [4.78, 5) is 38.3. The molecular weight excluding hydrogens is 304 g/mol. The van der Waals surface area contributed by atoms with E-state index >= 15 is 0 Å². The molecule has 1 saturated heterocycles. The van der Waals surface area contributed by atoms with Crippen LogP contribution in [0.1, 0.15) is 24.0 Å². The number of benzene rings is 1. The second kappa shape index (κ2) is 6.92. The first-order valence-electron chi connectivity index (χ1n) is 7.21. The van der Waals surface area contributed by atoms with Crippen molar-refractivity contribution in [1.82, 2.24) is 4.90 Å². The van der Waals surface area contributed by atoms with Gasteiger partial charge in [-0.25, -0.2) is 0 Å². The van der Waals surface area contributed by atoms with Gasteiger partial charge in [-0.2, -0.15) is 0 Å². The third-order valence-corrected chi connectivity index (χ3v) is 4.06. The highest BCUT2D eigenvalue weighted by atomic mass is 35.5. The van der Waals surface area contributed by atoms with E-state index in [-0.39, 0.29) is 49.5 Å². The quantitative estimate of drug-likeness (QED) is 0.615. The molecule has 5 nitrogen and oxygen atoms in total. The number of hydrogen-bond donors (Lipinski definition) is 0. The minimum absolute atomic E-state index is 0.143. The van der Waals surface area contributed by atoms with E-state index in [4.69, 9.17) is 11.6 Å². The van der Waals surface area contributed by atoms with Gasteiger partial charge in [0.1, 0.15) is 5.88 Å². The van der Waals surface area contributed by atoms with Gasteiger partial charge in [0, 0.05) is 31.6 Å². The molecule has 3 amide bonds. The molecule has 1 heterocycles. The SMILES string of the molecule is Cc1cccc(C)c1N(CCN1C(=O)CCC1=O)C(=O)CCl. The molecular formula is C16H19ClN2O3. The molecule has 6 heteroatoms. The Morgan fingerprint density at radius 3 is 2.23 bits per heavy atom. The van der Waals surface area contributed by atoms with Crippen molar-refractivity contribution in [3.05, 3.63) is 29.3 Å². The van der Waals surface area contributed by atoms with Gasteiger partial charge in [0.25, 0.3) is 0 Å². The maximum absolute atomic E-state index is 12.2. The van der Waals surface area contributed by atoms with Crippen LogP contribution in [0, 0.1) is 13.8 Å². The molecule has 2 rings (SSSR count). The average molecular weight is 323 g/mol. The summed E-state index contributed by atoms with van der Waals surface area (Å²) in [6.45, 7) is 4.30. The first-order valence-corrected chi connectivity index (χ1v) is 7.75. The Morgan fingerprint density at radius 2 is 1.73 bits per heavy atom. The van der Waals surface area contributed by atoms with Crippen molar-refractivity contribution in [2.24, 2.45) is 0 Å². The molecule has 0 unspecified atom stereocenters. The predicted octanol–water partition coefficient (Wildman–Crippen LogP) is 2.02. The second-order valence-electron chi connectivity index (χ2n) is 5.36. The van der Waals surface area contributed by atoms with Gasteiger partial charge in [-0.05, 0) is 25.0 Å². The molecule has 0 bridgehead atoms. The number of rotatable bonds is 5. The molecule has 0 aliphatic carbocycles. The van der Waals surface area contributed by atoms with Crippen LogP contribution >= 0.6 is 11.6 Å². The number of amides is 3. The summed E-state index contributed by atoms with van der Waals surface area (Å²) >= 11 is 5.72. The molecule has 22 heavy (non-hydrogen) atoms. The molecule has 1 aliphatic rings. The molecule has 1 fully saturated rings. The van der Waals surface area contributed by atoms with Crippen molar-refractivity contribution in [3.8, 4) is 0 Å². The zero-order valence-electron chi connectivity index (χ0n) is 12.8. The molecule has 1 aromatic carbocycles. The van der Waals surface area contributed by atoms with Crippen LogP contribution in [0.5, 0.6) is 0 Å². The van der Waals surface area contributed by atoms with Gasteiger partial charge >= 0.3 is 0 Å². The third kappa shape index (κ3) is 3.30. The number of hydrogen-bond acceptors (Lipinski definition) is 3. The molecule has 1 aromatic rings. The lowest BCUT2D eigenvalue weighted by Gasteiger charge is -2.27. The van der Waals surface area contributed by atoms with E-state index in [1.54, 1.807) is 4.90 Å². The van der Waals surface area contributed by atoms with Gasteiger partial charge in [0.15, 0.2) is 0 Å². The van der Waals surface area contributed by atoms with Crippen molar-refractivity contribution in [1.29, 1.82) is 0 Å². The van der Waals surface area contributed by atoms with Crippen LogP contribution in [0.4, 0.5) is 5.69 Å². The van der Waals surface area contributed by atoms with Crippen molar-refractivity contribution < 1.29 is 14.4 Å². The number of nitrogens with zero attached hydrogens (tertiary/aromatic N) is 2. The van der Waals surface area contributed by atoms with Crippen LogP contribution in [-0.4, -0.2) is 41.6 Å². The Bertz CT molecular complexity index is 579. The molecule has 118 valence electrons. The fraction of sp³-hybridized carbons (Fsp3) is 0.438. The number of likely N-dealkylation sites (tertiary alicyclic amines) is 1.